The molecular weight excluding hydrogens is 218 g/mol. The summed E-state index contributed by atoms with van der Waals surface area (Å²) < 4.78 is 15.1. The molecule has 2 rings (SSSR count). The molecule has 0 spiro atoms. The lowest BCUT2D eigenvalue weighted by molar-refractivity contribution is -0.304. The van der Waals surface area contributed by atoms with Crippen molar-refractivity contribution in [3.63, 3.8) is 0 Å². The van der Waals surface area contributed by atoms with Crippen molar-refractivity contribution < 1.29 is 28.9 Å². The molecule has 0 radical (unpaired) electrons. The van der Waals surface area contributed by atoms with Crippen LogP contribution in [0, 0.1) is 0 Å². The first-order chi connectivity index (χ1) is 7.66. The van der Waals surface area contributed by atoms with Crippen LogP contribution in [0.25, 0.3) is 0 Å². The summed E-state index contributed by atoms with van der Waals surface area (Å²) in [5.41, 5.74) is 0. The van der Waals surface area contributed by atoms with Crippen molar-refractivity contribution >= 4 is 11.9 Å². The lowest BCUT2D eigenvalue weighted by Crippen LogP contribution is -2.64. The maximum absolute atomic E-state index is 11.3. The SMILES string of the molecule is O=C1/C=C/C(=O)OC2(CO)OCCNC2O1. The first-order valence-corrected chi connectivity index (χ1v) is 4.76. The Morgan fingerprint density at radius 2 is 2.19 bits per heavy atom. The van der Waals surface area contributed by atoms with Crippen LogP contribution in [0.2, 0.25) is 0 Å². The highest BCUT2D eigenvalue weighted by molar-refractivity contribution is 5.92. The van der Waals surface area contributed by atoms with Crippen LogP contribution in [-0.2, 0) is 23.8 Å². The van der Waals surface area contributed by atoms with Gasteiger partial charge >= 0.3 is 11.9 Å². The average molecular weight is 229 g/mol. The zero-order chi connectivity index (χ0) is 11.6. The summed E-state index contributed by atoms with van der Waals surface area (Å²) in [6.45, 7) is 0.0735. The maximum Gasteiger partial charge on any atom is 0.333 e. The number of carbonyl (C=O) groups is 2. The Bertz CT molecular complexity index is 341. The molecule has 0 amide bonds. The molecule has 2 unspecified atom stereocenters. The Balaban J connectivity index is 2.30. The molecular formula is C9H11NO6. The van der Waals surface area contributed by atoms with Gasteiger partial charge in [-0.1, -0.05) is 0 Å². The predicted octanol–water partition coefficient (Wildman–Crippen LogP) is -1.72. The second-order valence-corrected chi connectivity index (χ2v) is 3.34. The van der Waals surface area contributed by atoms with Gasteiger partial charge in [0.05, 0.1) is 6.61 Å². The molecule has 2 heterocycles. The molecule has 7 heteroatoms. The van der Waals surface area contributed by atoms with E-state index in [1.807, 2.05) is 0 Å². The number of carbonyl (C=O) groups excluding carboxylic acids is 2. The molecule has 2 N–H and O–H groups in total. The smallest absolute Gasteiger partial charge is 0.333 e. The van der Waals surface area contributed by atoms with Crippen molar-refractivity contribution in [2.75, 3.05) is 19.8 Å². The van der Waals surface area contributed by atoms with Crippen LogP contribution in [0.5, 0.6) is 0 Å². The standard InChI is InChI=1S/C9H11NO6/c11-5-9-8(10-3-4-14-9)15-6(12)1-2-7(13)16-9/h1-2,8,10-11H,3-5H2/b2-1+. The second kappa shape index (κ2) is 4.20. The number of aliphatic hydroxyl groups is 1. The molecule has 0 bridgehead atoms. The molecule has 0 aromatic heterocycles. The molecule has 1 fully saturated rings. The third-order valence-corrected chi connectivity index (χ3v) is 2.26. The van der Waals surface area contributed by atoms with E-state index in [1.54, 1.807) is 0 Å². The highest BCUT2D eigenvalue weighted by Gasteiger charge is 2.48. The quantitative estimate of drug-likeness (QED) is 0.516. The fourth-order valence-electron chi connectivity index (χ4n) is 1.52. The normalized spacial score (nSPS) is 36.4. The summed E-state index contributed by atoms with van der Waals surface area (Å²) in [5, 5.41) is 12.0. The first-order valence-electron chi connectivity index (χ1n) is 4.76. The van der Waals surface area contributed by atoms with E-state index in [-0.39, 0.29) is 6.61 Å². The molecule has 2 aliphatic rings. The summed E-state index contributed by atoms with van der Waals surface area (Å²) >= 11 is 0. The van der Waals surface area contributed by atoms with E-state index in [1.165, 1.54) is 0 Å². The van der Waals surface area contributed by atoms with Gasteiger partial charge in [-0.2, -0.15) is 0 Å². The van der Waals surface area contributed by atoms with Crippen molar-refractivity contribution in [3.05, 3.63) is 12.2 Å². The number of fused-ring (bicyclic) bond motifs is 1. The van der Waals surface area contributed by atoms with Gasteiger partial charge in [-0.05, 0) is 0 Å². The topological polar surface area (TPSA) is 94.1 Å². The highest BCUT2D eigenvalue weighted by Crippen LogP contribution is 2.24. The van der Waals surface area contributed by atoms with Crippen LogP contribution in [0.3, 0.4) is 0 Å². The van der Waals surface area contributed by atoms with Gasteiger partial charge in [0.2, 0.25) is 6.23 Å². The van der Waals surface area contributed by atoms with Crippen molar-refractivity contribution in [1.82, 2.24) is 5.32 Å². The minimum absolute atomic E-state index is 0.242. The summed E-state index contributed by atoms with van der Waals surface area (Å²) in [4.78, 5) is 22.5. The van der Waals surface area contributed by atoms with Crippen molar-refractivity contribution in [1.29, 1.82) is 0 Å². The van der Waals surface area contributed by atoms with E-state index in [4.69, 9.17) is 14.2 Å². The van der Waals surface area contributed by atoms with Crippen molar-refractivity contribution in [2.24, 2.45) is 0 Å². The largest absolute Gasteiger partial charge is 0.436 e. The number of hydrogen-bond acceptors (Lipinski definition) is 7. The summed E-state index contributed by atoms with van der Waals surface area (Å²) in [6.07, 6.45) is 0.876. The Morgan fingerprint density at radius 3 is 2.94 bits per heavy atom. The lowest BCUT2D eigenvalue weighted by Gasteiger charge is -2.41. The fraction of sp³-hybridized carbons (Fsp3) is 0.556. The Kier molecular flexibility index (Phi) is 2.90. The number of hydrogen-bond donors (Lipinski definition) is 2. The van der Waals surface area contributed by atoms with E-state index in [9.17, 15) is 14.7 Å². The molecule has 0 saturated carbocycles. The highest BCUT2D eigenvalue weighted by atomic mass is 16.8. The molecule has 7 nitrogen and oxygen atoms in total. The average Bonchev–Trinajstić information content (AvgIpc) is 2.27. The zero-order valence-electron chi connectivity index (χ0n) is 8.34. The van der Waals surface area contributed by atoms with E-state index in [0.29, 0.717) is 6.54 Å². The molecule has 16 heavy (non-hydrogen) atoms. The van der Waals surface area contributed by atoms with Gasteiger partial charge in [0, 0.05) is 18.7 Å². The van der Waals surface area contributed by atoms with Gasteiger partial charge in [0.1, 0.15) is 6.61 Å². The molecule has 0 aromatic carbocycles. The number of esters is 2. The minimum atomic E-state index is -1.66. The first kappa shape index (κ1) is 11.1. The van der Waals surface area contributed by atoms with Gasteiger partial charge in [-0.3, -0.25) is 5.32 Å². The van der Waals surface area contributed by atoms with Crippen LogP contribution in [0.1, 0.15) is 0 Å². The van der Waals surface area contributed by atoms with Gasteiger partial charge in [-0.15, -0.1) is 0 Å². The number of morpholine rings is 1. The van der Waals surface area contributed by atoms with Crippen LogP contribution < -0.4 is 5.32 Å². The number of ether oxygens (including phenoxy) is 3. The minimum Gasteiger partial charge on any atom is -0.436 e. The van der Waals surface area contributed by atoms with Crippen LogP contribution in [0.4, 0.5) is 0 Å². The monoisotopic (exact) mass is 229 g/mol. The Hall–Kier alpha value is -1.44. The summed E-state index contributed by atoms with van der Waals surface area (Å²) in [7, 11) is 0. The predicted molar refractivity (Wildman–Crippen MR) is 48.9 cm³/mol. The van der Waals surface area contributed by atoms with E-state index in [2.05, 4.69) is 5.32 Å². The Morgan fingerprint density at radius 1 is 1.44 bits per heavy atom. The summed E-state index contributed by atoms with van der Waals surface area (Å²) in [5.74, 6) is -3.12. The molecule has 1 saturated heterocycles. The van der Waals surface area contributed by atoms with Gasteiger partial charge in [0.25, 0.3) is 5.79 Å². The van der Waals surface area contributed by atoms with Gasteiger partial charge < -0.3 is 19.3 Å². The third-order valence-electron chi connectivity index (χ3n) is 2.26. The zero-order valence-corrected chi connectivity index (χ0v) is 8.34. The van der Waals surface area contributed by atoms with Crippen LogP contribution >= 0.6 is 0 Å². The van der Waals surface area contributed by atoms with Crippen LogP contribution in [-0.4, -0.2) is 48.8 Å². The summed E-state index contributed by atoms with van der Waals surface area (Å²) in [6, 6.07) is 0. The molecule has 0 aromatic rings. The van der Waals surface area contributed by atoms with Crippen LogP contribution in [0.15, 0.2) is 12.2 Å². The molecule has 2 aliphatic heterocycles. The van der Waals surface area contributed by atoms with Gasteiger partial charge in [0.15, 0.2) is 0 Å². The van der Waals surface area contributed by atoms with Crippen molar-refractivity contribution in [3.8, 4) is 0 Å². The molecule has 2 atom stereocenters. The maximum atomic E-state index is 11.3. The number of aliphatic hydroxyl groups excluding tert-OH is 1. The Labute approximate surface area is 91.0 Å². The number of rotatable bonds is 1. The molecule has 0 aliphatic carbocycles. The van der Waals surface area contributed by atoms with Gasteiger partial charge in [-0.25, -0.2) is 9.59 Å². The van der Waals surface area contributed by atoms with Crippen molar-refractivity contribution in [2.45, 2.75) is 12.0 Å². The number of nitrogens with one attached hydrogen (secondary N) is 1. The van der Waals surface area contributed by atoms with E-state index < -0.39 is 30.6 Å². The van der Waals surface area contributed by atoms with E-state index >= 15 is 0 Å². The second-order valence-electron chi connectivity index (χ2n) is 3.34. The van der Waals surface area contributed by atoms with E-state index in [0.717, 1.165) is 12.2 Å². The lowest BCUT2D eigenvalue weighted by atomic mass is 10.2. The third kappa shape index (κ3) is 1.92. The fourth-order valence-corrected chi connectivity index (χ4v) is 1.52. The molecule has 88 valence electrons.